The summed E-state index contributed by atoms with van der Waals surface area (Å²) >= 11 is 12.7. The summed E-state index contributed by atoms with van der Waals surface area (Å²) < 4.78 is 0. The van der Waals surface area contributed by atoms with Crippen LogP contribution in [0.25, 0.3) is 0 Å². The van der Waals surface area contributed by atoms with Gasteiger partial charge in [-0.3, -0.25) is 4.79 Å². The van der Waals surface area contributed by atoms with Gasteiger partial charge in [0.2, 0.25) is 5.91 Å². The molecule has 3 atom stereocenters. The molecule has 0 unspecified atom stereocenters. The number of nitrogens with zero attached hydrogens (tertiary/aromatic N) is 1. The second-order valence-electron chi connectivity index (χ2n) is 10.3. The van der Waals surface area contributed by atoms with E-state index in [9.17, 15) is 4.79 Å². The fourth-order valence-corrected chi connectivity index (χ4v) is 6.26. The van der Waals surface area contributed by atoms with Crippen molar-refractivity contribution < 1.29 is 4.79 Å². The van der Waals surface area contributed by atoms with Gasteiger partial charge in [0.05, 0.1) is 11.5 Å². The van der Waals surface area contributed by atoms with Crippen molar-refractivity contribution in [2.24, 2.45) is 17.3 Å². The number of carbonyl (C=O) groups excluding carboxylic acids is 1. The molecule has 1 saturated heterocycles. The van der Waals surface area contributed by atoms with Crippen LogP contribution >= 0.6 is 23.2 Å². The lowest BCUT2D eigenvalue weighted by Crippen LogP contribution is -2.56. The van der Waals surface area contributed by atoms with Gasteiger partial charge in [0, 0.05) is 22.0 Å². The number of rotatable bonds is 7. The number of likely N-dealkylation sites (tertiary alicyclic amines) is 1. The highest BCUT2D eigenvalue weighted by atomic mass is 35.5. The van der Waals surface area contributed by atoms with Crippen LogP contribution in [-0.2, 0) is 4.79 Å². The third kappa shape index (κ3) is 4.13. The molecule has 0 bridgehead atoms. The van der Waals surface area contributed by atoms with Gasteiger partial charge in [-0.1, -0.05) is 60.5 Å². The van der Waals surface area contributed by atoms with E-state index in [1.54, 1.807) is 0 Å². The molecule has 0 aromatic heterocycles. The van der Waals surface area contributed by atoms with E-state index in [-0.39, 0.29) is 12.0 Å². The summed E-state index contributed by atoms with van der Waals surface area (Å²) in [6, 6.07) is 16.7. The first-order valence-corrected chi connectivity index (χ1v) is 12.6. The van der Waals surface area contributed by atoms with Crippen molar-refractivity contribution >= 4 is 29.1 Å². The molecule has 2 saturated carbocycles. The Labute approximate surface area is 201 Å². The van der Waals surface area contributed by atoms with Crippen LogP contribution in [0.1, 0.15) is 68.5 Å². The first kappa shape index (κ1) is 22.0. The molecule has 2 aromatic rings. The largest absolute Gasteiger partial charge is 0.331 e. The Kier molecular flexibility index (Phi) is 5.88. The van der Waals surface area contributed by atoms with Gasteiger partial charge >= 0.3 is 0 Å². The summed E-state index contributed by atoms with van der Waals surface area (Å²) in [5.41, 5.74) is 1.91. The Bertz CT molecular complexity index is 998. The predicted molar refractivity (Wildman–Crippen MR) is 132 cm³/mol. The van der Waals surface area contributed by atoms with Gasteiger partial charge in [-0.2, -0.15) is 0 Å². The van der Waals surface area contributed by atoms with E-state index in [0.717, 1.165) is 16.5 Å². The number of carbonyl (C=O) groups is 1. The van der Waals surface area contributed by atoms with E-state index in [4.69, 9.17) is 23.2 Å². The number of hydrogen-bond donors (Lipinski definition) is 0. The van der Waals surface area contributed by atoms with Crippen LogP contribution in [0.4, 0.5) is 0 Å². The summed E-state index contributed by atoms with van der Waals surface area (Å²) in [5.74, 6) is 1.72. The normalized spacial score (nSPS) is 28.2. The second-order valence-corrected chi connectivity index (χ2v) is 11.2. The lowest BCUT2D eigenvalue weighted by Gasteiger charge is -2.52. The molecule has 3 aliphatic rings. The topological polar surface area (TPSA) is 20.3 Å². The average molecular weight is 468 g/mol. The Hall–Kier alpha value is -1.77. The highest BCUT2D eigenvalue weighted by molar-refractivity contribution is 6.30. The van der Waals surface area contributed by atoms with Gasteiger partial charge in [0.25, 0.3) is 0 Å². The van der Waals surface area contributed by atoms with Crippen LogP contribution in [-0.4, -0.2) is 16.8 Å². The molecule has 0 radical (unpaired) electrons. The number of benzene rings is 2. The molecule has 32 heavy (non-hydrogen) atoms. The third-order valence-electron chi connectivity index (χ3n) is 7.72. The summed E-state index contributed by atoms with van der Waals surface area (Å²) in [6.07, 6.45) is 8.32. The van der Waals surface area contributed by atoms with E-state index in [1.807, 2.05) is 30.3 Å². The molecule has 0 N–H and O–H groups in total. The Morgan fingerprint density at radius 2 is 1.69 bits per heavy atom. The number of amides is 1. The minimum Gasteiger partial charge on any atom is -0.331 e. The smallest absolute Gasteiger partial charge is 0.229 e. The first-order valence-electron chi connectivity index (χ1n) is 11.9. The van der Waals surface area contributed by atoms with E-state index < -0.39 is 5.41 Å². The third-order valence-corrected chi connectivity index (χ3v) is 8.20. The van der Waals surface area contributed by atoms with Crippen molar-refractivity contribution in [3.8, 4) is 0 Å². The van der Waals surface area contributed by atoms with Crippen LogP contribution < -0.4 is 0 Å². The molecule has 1 heterocycles. The summed E-state index contributed by atoms with van der Waals surface area (Å²) in [6.45, 7) is 6.13. The Balaban J connectivity index is 1.67. The van der Waals surface area contributed by atoms with E-state index >= 15 is 0 Å². The molecule has 2 aliphatic carbocycles. The predicted octanol–water partition coefficient (Wildman–Crippen LogP) is 7.82. The fraction of sp³-hybridized carbons (Fsp3) is 0.464. The average Bonchev–Trinajstić information content (AvgIpc) is 3.68. The summed E-state index contributed by atoms with van der Waals surface area (Å²) in [7, 11) is 0. The summed E-state index contributed by atoms with van der Waals surface area (Å²) in [5, 5.41) is 1.46. The standard InChI is InChI=1S/C28H31Cl2NO/c1-3-15-28(2)17-24(21-5-4-6-23(30)16-21)26(20-11-13-22(29)14-12-20)31(27(28)32)25(18-7-8-18)19-9-10-19/h3-6,11-14,16,18-19,24-26H,1,7-10,15,17H2,2H3/t24-,26-,28+/m1/s1. The zero-order valence-electron chi connectivity index (χ0n) is 18.6. The molecule has 0 spiro atoms. The van der Waals surface area contributed by atoms with E-state index in [2.05, 4.69) is 42.7 Å². The number of halogens is 2. The van der Waals surface area contributed by atoms with Gasteiger partial charge in [-0.25, -0.2) is 0 Å². The van der Waals surface area contributed by atoms with Gasteiger partial charge < -0.3 is 4.90 Å². The minimum absolute atomic E-state index is 0.0117. The quantitative estimate of drug-likeness (QED) is 0.379. The van der Waals surface area contributed by atoms with Crippen LogP contribution in [0.3, 0.4) is 0 Å². The zero-order chi connectivity index (χ0) is 22.5. The van der Waals surface area contributed by atoms with Crippen molar-refractivity contribution in [2.75, 3.05) is 0 Å². The van der Waals surface area contributed by atoms with Crippen molar-refractivity contribution in [3.63, 3.8) is 0 Å². The lowest BCUT2D eigenvalue weighted by atomic mass is 9.66. The molecular formula is C28H31Cl2NO. The van der Waals surface area contributed by atoms with Crippen LogP contribution in [0, 0.1) is 17.3 Å². The molecular weight excluding hydrogens is 437 g/mol. The van der Waals surface area contributed by atoms with Gasteiger partial charge in [-0.15, -0.1) is 6.58 Å². The van der Waals surface area contributed by atoms with Crippen LogP contribution in [0.2, 0.25) is 10.0 Å². The molecule has 168 valence electrons. The molecule has 3 fully saturated rings. The maximum atomic E-state index is 14.3. The van der Waals surface area contributed by atoms with Crippen molar-refractivity contribution in [1.29, 1.82) is 0 Å². The SMILES string of the molecule is C=CC[C@@]1(C)C[C@H](c2cccc(Cl)c2)[C@@H](c2ccc(Cl)cc2)N(C(C2CC2)C2CC2)C1=O. The zero-order valence-corrected chi connectivity index (χ0v) is 20.2. The molecule has 4 heteroatoms. The molecule has 1 aliphatic heterocycles. The highest BCUT2D eigenvalue weighted by Gasteiger charge is 2.56. The van der Waals surface area contributed by atoms with E-state index in [0.29, 0.717) is 30.2 Å². The Morgan fingerprint density at radius 3 is 2.25 bits per heavy atom. The maximum Gasteiger partial charge on any atom is 0.229 e. The fourth-order valence-electron chi connectivity index (χ4n) is 5.93. The summed E-state index contributed by atoms with van der Waals surface area (Å²) in [4.78, 5) is 16.6. The van der Waals surface area contributed by atoms with E-state index in [1.165, 1.54) is 36.8 Å². The van der Waals surface area contributed by atoms with Gasteiger partial charge in [0.15, 0.2) is 0 Å². The molecule has 5 rings (SSSR count). The first-order chi connectivity index (χ1) is 15.4. The second kappa shape index (κ2) is 8.54. The minimum atomic E-state index is -0.459. The van der Waals surface area contributed by atoms with Gasteiger partial charge in [0.1, 0.15) is 0 Å². The molecule has 2 nitrogen and oxygen atoms in total. The molecule has 2 aromatic carbocycles. The lowest BCUT2D eigenvalue weighted by molar-refractivity contribution is -0.156. The van der Waals surface area contributed by atoms with Crippen LogP contribution in [0.15, 0.2) is 61.2 Å². The van der Waals surface area contributed by atoms with Crippen molar-refractivity contribution in [3.05, 3.63) is 82.4 Å². The van der Waals surface area contributed by atoms with Crippen molar-refractivity contribution in [2.45, 2.75) is 63.5 Å². The van der Waals surface area contributed by atoms with Crippen molar-refractivity contribution in [1.82, 2.24) is 4.90 Å². The highest BCUT2D eigenvalue weighted by Crippen LogP contribution is 2.57. The monoisotopic (exact) mass is 467 g/mol. The number of allylic oxidation sites excluding steroid dienone is 1. The van der Waals surface area contributed by atoms with Crippen LogP contribution in [0.5, 0.6) is 0 Å². The maximum absolute atomic E-state index is 14.3. The van der Waals surface area contributed by atoms with Gasteiger partial charge in [-0.05, 0) is 85.8 Å². The number of hydrogen-bond acceptors (Lipinski definition) is 1. The molecule has 1 amide bonds. The Morgan fingerprint density at radius 1 is 1.03 bits per heavy atom. The number of piperidine rings is 1.